The van der Waals surface area contributed by atoms with Crippen LogP contribution >= 0.6 is 15.9 Å². The first-order valence-electron chi connectivity index (χ1n) is 8.13. The van der Waals surface area contributed by atoms with Gasteiger partial charge < -0.3 is 19.5 Å². The molecule has 1 amide bonds. The van der Waals surface area contributed by atoms with Gasteiger partial charge in [0.05, 0.1) is 27.5 Å². The van der Waals surface area contributed by atoms with E-state index in [1.807, 2.05) is 24.3 Å². The van der Waals surface area contributed by atoms with Gasteiger partial charge in [-0.15, -0.1) is 0 Å². The SMILES string of the molecule is COc1cc(/C=N\NC(=O)[C@@H](C)Nc2ccc(Br)cc2)cc(OC)c1OC. The summed E-state index contributed by atoms with van der Waals surface area (Å²) >= 11 is 3.37. The highest BCUT2D eigenvalue weighted by atomic mass is 79.9. The van der Waals surface area contributed by atoms with Gasteiger partial charge in [-0.2, -0.15) is 5.10 Å². The second-order valence-electron chi connectivity index (χ2n) is 5.57. The second kappa shape index (κ2) is 9.82. The average Bonchev–Trinajstić information content (AvgIpc) is 2.68. The van der Waals surface area contributed by atoms with Gasteiger partial charge in [-0.25, -0.2) is 5.43 Å². The van der Waals surface area contributed by atoms with Gasteiger partial charge in [-0.05, 0) is 43.3 Å². The van der Waals surface area contributed by atoms with Gasteiger partial charge in [0.2, 0.25) is 5.75 Å². The van der Waals surface area contributed by atoms with E-state index < -0.39 is 6.04 Å². The summed E-state index contributed by atoms with van der Waals surface area (Å²) in [6.07, 6.45) is 1.51. The molecule has 2 rings (SSSR count). The molecule has 0 aliphatic heterocycles. The summed E-state index contributed by atoms with van der Waals surface area (Å²) in [5.41, 5.74) is 4.05. The fourth-order valence-electron chi connectivity index (χ4n) is 2.30. The molecule has 7 nitrogen and oxygen atoms in total. The van der Waals surface area contributed by atoms with Crippen LogP contribution in [0, 0.1) is 0 Å². The zero-order valence-corrected chi connectivity index (χ0v) is 17.2. The minimum absolute atomic E-state index is 0.262. The van der Waals surface area contributed by atoms with Crippen molar-refractivity contribution in [3.05, 3.63) is 46.4 Å². The van der Waals surface area contributed by atoms with Crippen LogP contribution in [-0.2, 0) is 4.79 Å². The number of carbonyl (C=O) groups is 1. The normalized spacial score (nSPS) is 11.7. The van der Waals surface area contributed by atoms with Gasteiger partial charge in [0.25, 0.3) is 5.91 Å². The van der Waals surface area contributed by atoms with Gasteiger partial charge in [0, 0.05) is 15.7 Å². The van der Waals surface area contributed by atoms with Crippen molar-refractivity contribution >= 4 is 33.7 Å². The molecule has 0 unspecified atom stereocenters. The number of carbonyl (C=O) groups excluding carboxylic acids is 1. The molecule has 0 radical (unpaired) electrons. The van der Waals surface area contributed by atoms with Crippen LogP contribution in [0.3, 0.4) is 0 Å². The van der Waals surface area contributed by atoms with E-state index in [-0.39, 0.29) is 5.91 Å². The number of ether oxygens (including phenoxy) is 3. The zero-order chi connectivity index (χ0) is 19.8. The molecule has 144 valence electrons. The Morgan fingerprint density at radius 3 is 2.19 bits per heavy atom. The molecule has 2 aromatic carbocycles. The van der Waals surface area contributed by atoms with E-state index in [1.54, 1.807) is 19.1 Å². The Balaban J connectivity index is 2.01. The Morgan fingerprint density at radius 1 is 1.07 bits per heavy atom. The molecule has 0 saturated heterocycles. The largest absolute Gasteiger partial charge is 0.493 e. The van der Waals surface area contributed by atoms with E-state index in [0.29, 0.717) is 22.8 Å². The fourth-order valence-corrected chi connectivity index (χ4v) is 2.57. The highest BCUT2D eigenvalue weighted by Gasteiger charge is 2.13. The molecule has 2 N–H and O–H groups in total. The topological polar surface area (TPSA) is 81.2 Å². The maximum atomic E-state index is 12.2. The number of methoxy groups -OCH3 is 3. The lowest BCUT2D eigenvalue weighted by atomic mass is 10.2. The van der Waals surface area contributed by atoms with Crippen molar-refractivity contribution in [3.63, 3.8) is 0 Å². The predicted octanol–water partition coefficient (Wildman–Crippen LogP) is 3.43. The maximum Gasteiger partial charge on any atom is 0.262 e. The summed E-state index contributed by atoms with van der Waals surface area (Å²) in [5, 5.41) is 7.11. The summed E-state index contributed by atoms with van der Waals surface area (Å²) in [7, 11) is 4.61. The number of hydrogen-bond acceptors (Lipinski definition) is 6. The number of nitrogens with zero attached hydrogens (tertiary/aromatic N) is 1. The molecule has 0 saturated carbocycles. The Kier molecular flexibility index (Phi) is 7.48. The standard InChI is InChI=1S/C19H22BrN3O4/c1-12(22-15-7-5-14(20)6-8-15)19(24)23-21-11-13-9-16(25-2)18(27-4)17(10-13)26-3/h5-12,22H,1-4H3,(H,23,24)/b21-11-/t12-/m1/s1. The van der Waals surface area contributed by atoms with Gasteiger partial charge >= 0.3 is 0 Å². The van der Waals surface area contributed by atoms with Crippen molar-refractivity contribution < 1.29 is 19.0 Å². The Morgan fingerprint density at radius 2 is 1.67 bits per heavy atom. The average molecular weight is 436 g/mol. The molecule has 2 aromatic rings. The molecule has 0 fully saturated rings. The molecule has 0 aromatic heterocycles. The van der Waals surface area contributed by atoms with Crippen molar-refractivity contribution in [1.82, 2.24) is 5.43 Å². The molecule has 0 aliphatic carbocycles. The molecule has 0 heterocycles. The molecule has 0 spiro atoms. The van der Waals surface area contributed by atoms with Crippen LogP contribution < -0.4 is 25.0 Å². The van der Waals surface area contributed by atoms with E-state index in [2.05, 4.69) is 31.8 Å². The van der Waals surface area contributed by atoms with Gasteiger partial charge in [-0.3, -0.25) is 4.79 Å². The lowest BCUT2D eigenvalue weighted by Gasteiger charge is -2.14. The smallest absolute Gasteiger partial charge is 0.262 e. The third kappa shape index (κ3) is 5.62. The molecule has 8 heteroatoms. The van der Waals surface area contributed by atoms with E-state index in [4.69, 9.17) is 14.2 Å². The van der Waals surface area contributed by atoms with E-state index in [0.717, 1.165) is 10.2 Å². The number of anilines is 1. The molecule has 1 atom stereocenters. The third-order valence-corrected chi connectivity index (χ3v) is 4.22. The van der Waals surface area contributed by atoms with Crippen molar-refractivity contribution in [2.75, 3.05) is 26.6 Å². The summed E-state index contributed by atoms with van der Waals surface area (Å²) in [6.45, 7) is 1.76. The minimum Gasteiger partial charge on any atom is -0.493 e. The number of benzene rings is 2. The van der Waals surface area contributed by atoms with Crippen LogP contribution in [0.5, 0.6) is 17.2 Å². The Bertz CT molecular complexity index is 784. The van der Waals surface area contributed by atoms with Crippen LogP contribution in [0.15, 0.2) is 46.0 Å². The van der Waals surface area contributed by atoms with Crippen molar-refractivity contribution in [3.8, 4) is 17.2 Å². The third-order valence-electron chi connectivity index (χ3n) is 3.70. The fraction of sp³-hybridized carbons (Fsp3) is 0.263. The maximum absolute atomic E-state index is 12.2. The molecular weight excluding hydrogens is 414 g/mol. The lowest BCUT2D eigenvalue weighted by Crippen LogP contribution is -2.34. The monoisotopic (exact) mass is 435 g/mol. The Hall–Kier alpha value is -2.74. The summed E-state index contributed by atoms with van der Waals surface area (Å²) in [5.74, 6) is 1.25. The second-order valence-corrected chi connectivity index (χ2v) is 6.48. The first kappa shape index (κ1) is 20.6. The van der Waals surface area contributed by atoms with Crippen molar-refractivity contribution in [2.45, 2.75) is 13.0 Å². The zero-order valence-electron chi connectivity index (χ0n) is 15.6. The van der Waals surface area contributed by atoms with Crippen molar-refractivity contribution in [1.29, 1.82) is 0 Å². The van der Waals surface area contributed by atoms with E-state index >= 15 is 0 Å². The number of amides is 1. The van der Waals surface area contributed by atoms with Crippen LogP contribution in [0.25, 0.3) is 0 Å². The predicted molar refractivity (Wildman–Crippen MR) is 109 cm³/mol. The number of hydrazone groups is 1. The Labute approximate surface area is 166 Å². The molecular formula is C19H22BrN3O4. The van der Waals surface area contributed by atoms with Crippen LogP contribution in [0.2, 0.25) is 0 Å². The number of rotatable bonds is 8. The van der Waals surface area contributed by atoms with E-state index in [1.165, 1.54) is 27.5 Å². The molecule has 0 aliphatic rings. The van der Waals surface area contributed by atoms with Crippen LogP contribution in [0.1, 0.15) is 12.5 Å². The summed E-state index contributed by atoms with van der Waals surface area (Å²) < 4.78 is 16.8. The lowest BCUT2D eigenvalue weighted by molar-refractivity contribution is -0.121. The number of halogens is 1. The first-order valence-corrected chi connectivity index (χ1v) is 8.92. The molecule has 0 bridgehead atoms. The molecule has 27 heavy (non-hydrogen) atoms. The number of hydrogen-bond donors (Lipinski definition) is 2. The first-order chi connectivity index (χ1) is 13.0. The highest BCUT2D eigenvalue weighted by Crippen LogP contribution is 2.37. The summed E-state index contributed by atoms with van der Waals surface area (Å²) in [4.78, 5) is 12.2. The minimum atomic E-state index is -0.455. The van der Waals surface area contributed by atoms with Crippen LogP contribution in [-0.4, -0.2) is 39.5 Å². The number of nitrogens with one attached hydrogen (secondary N) is 2. The van der Waals surface area contributed by atoms with Crippen molar-refractivity contribution in [2.24, 2.45) is 5.10 Å². The summed E-state index contributed by atoms with van der Waals surface area (Å²) in [6, 6.07) is 10.6. The quantitative estimate of drug-likeness (QED) is 0.490. The van der Waals surface area contributed by atoms with Crippen LogP contribution in [0.4, 0.5) is 5.69 Å². The van der Waals surface area contributed by atoms with E-state index in [9.17, 15) is 4.79 Å². The van der Waals surface area contributed by atoms with Gasteiger partial charge in [0.1, 0.15) is 6.04 Å². The highest BCUT2D eigenvalue weighted by molar-refractivity contribution is 9.10. The van der Waals surface area contributed by atoms with Gasteiger partial charge in [-0.1, -0.05) is 15.9 Å². The van der Waals surface area contributed by atoms with Gasteiger partial charge in [0.15, 0.2) is 11.5 Å².